The number of nitrogen functional groups attached to an aromatic ring is 1. The highest BCUT2D eigenvalue weighted by Crippen LogP contribution is 2.15. The Labute approximate surface area is 96.3 Å². The fraction of sp³-hybridized carbons (Fsp3) is 0.100. The SMILES string of the molecule is Cc1csc(NC(=O)c2cncc(N)c2)n1. The van der Waals surface area contributed by atoms with Crippen LogP contribution in [0.5, 0.6) is 0 Å². The number of anilines is 2. The maximum atomic E-state index is 11.7. The van der Waals surface area contributed by atoms with Crippen LogP contribution in [0.2, 0.25) is 0 Å². The van der Waals surface area contributed by atoms with Crippen LogP contribution in [0.4, 0.5) is 10.8 Å². The molecule has 0 bridgehead atoms. The first-order valence-electron chi connectivity index (χ1n) is 4.59. The van der Waals surface area contributed by atoms with E-state index in [1.807, 2.05) is 12.3 Å². The van der Waals surface area contributed by atoms with E-state index in [0.29, 0.717) is 16.4 Å². The van der Waals surface area contributed by atoms with Gasteiger partial charge >= 0.3 is 0 Å². The number of hydrogen-bond acceptors (Lipinski definition) is 5. The molecule has 0 aromatic carbocycles. The van der Waals surface area contributed by atoms with Crippen LogP contribution in [0, 0.1) is 6.92 Å². The lowest BCUT2D eigenvalue weighted by molar-refractivity contribution is 0.102. The van der Waals surface area contributed by atoms with Crippen molar-refractivity contribution in [3.63, 3.8) is 0 Å². The van der Waals surface area contributed by atoms with Gasteiger partial charge in [-0.1, -0.05) is 0 Å². The van der Waals surface area contributed by atoms with Crippen LogP contribution in [-0.2, 0) is 0 Å². The molecule has 3 N–H and O–H groups in total. The molecule has 0 unspecified atom stereocenters. The normalized spacial score (nSPS) is 10.1. The van der Waals surface area contributed by atoms with Gasteiger partial charge in [-0.2, -0.15) is 0 Å². The Morgan fingerprint density at radius 2 is 2.31 bits per heavy atom. The smallest absolute Gasteiger partial charge is 0.259 e. The van der Waals surface area contributed by atoms with E-state index < -0.39 is 0 Å². The second-order valence-corrected chi connectivity index (χ2v) is 4.11. The van der Waals surface area contributed by atoms with Gasteiger partial charge in [0.1, 0.15) is 0 Å². The second kappa shape index (κ2) is 4.28. The van der Waals surface area contributed by atoms with Crippen molar-refractivity contribution in [1.82, 2.24) is 9.97 Å². The number of nitrogens with two attached hydrogens (primary N) is 1. The fourth-order valence-electron chi connectivity index (χ4n) is 1.16. The van der Waals surface area contributed by atoms with Crippen molar-refractivity contribution >= 4 is 28.1 Å². The molecule has 0 saturated carbocycles. The van der Waals surface area contributed by atoms with Crippen LogP contribution in [-0.4, -0.2) is 15.9 Å². The highest BCUT2D eigenvalue weighted by atomic mass is 32.1. The van der Waals surface area contributed by atoms with Crippen molar-refractivity contribution in [3.8, 4) is 0 Å². The van der Waals surface area contributed by atoms with Gasteiger partial charge in [0.2, 0.25) is 0 Å². The highest BCUT2D eigenvalue weighted by molar-refractivity contribution is 7.13. The summed E-state index contributed by atoms with van der Waals surface area (Å²) in [6.07, 6.45) is 2.95. The summed E-state index contributed by atoms with van der Waals surface area (Å²) in [6.45, 7) is 1.87. The number of nitrogens with one attached hydrogen (secondary N) is 1. The maximum Gasteiger partial charge on any atom is 0.259 e. The largest absolute Gasteiger partial charge is 0.397 e. The number of rotatable bonds is 2. The van der Waals surface area contributed by atoms with E-state index in [1.165, 1.54) is 23.7 Å². The first-order valence-corrected chi connectivity index (χ1v) is 5.47. The van der Waals surface area contributed by atoms with E-state index in [2.05, 4.69) is 15.3 Å². The molecule has 1 amide bonds. The monoisotopic (exact) mass is 234 g/mol. The lowest BCUT2D eigenvalue weighted by atomic mass is 10.2. The third-order valence-corrected chi connectivity index (χ3v) is 2.74. The number of pyridine rings is 1. The van der Waals surface area contributed by atoms with E-state index in [0.717, 1.165) is 5.69 Å². The lowest BCUT2D eigenvalue weighted by Gasteiger charge is -2.01. The summed E-state index contributed by atoms with van der Waals surface area (Å²) in [6, 6.07) is 1.57. The summed E-state index contributed by atoms with van der Waals surface area (Å²) in [5.74, 6) is -0.255. The van der Waals surface area contributed by atoms with Crippen molar-refractivity contribution in [3.05, 3.63) is 35.1 Å². The molecule has 6 heteroatoms. The lowest BCUT2D eigenvalue weighted by Crippen LogP contribution is -2.12. The minimum absolute atomic E-state index is 0.255. The molecule has 2 aromatic heterocycles. The van der Waals surface area contributed by atoms with Gasteiger partial charge < -0.3 is 5.73 Å². The molecule has 0 aliphatic carbocycles. The third kappa shape index (κ3) is 2.34. The van der Waals surface area contributed by atoms with Gasteiger partial charge in [-0.25, -0.2) is 4.98 Å². The number of nitrogens with zero attached hydrogens (tertiary/aromatic N) is 2. The average molecular weight is 234 g/mol. The van der Waals surface area contributed by atoms with E-state index in [1.54, 1.807) is 6.07 Å². The van der Waals surface area contributed by atoms with Crippen LogP contribution in [0.1, 0.15) is 16.1 Å². The highest BCUT2D eigenvalue weighted by Gasteiger charge is 2.08. The molecule has 0 atom stereocenters. The van der Waals surface area contributed by atoms with Crippen molar-refractivity contribution < 1.29 is 4.79 Å². The van der Waals surface area contributed by atoms with Crippen molar-refractivity contribution in [1.29, 1.82) is 0 Å². The summed E-state index contributed by atoms with van der Waals surface area (Å²) in [4.78, 5) is 19.7. The van der Waals surface area contributed by atoms with Crippen molar-refractivity contribution in [2.75, 3.05) is 11.1 Å². The molecule has 5 nitrogen and oxygen atoms in total. The molecular formula is C10H10N4OS. The van der Waals surface area contributed by atoms with Crippen molar-refractivity contribution in [2.24, 2.45) is 0 Å². The van der Waals surface area contributed by atoms with Crippen LogP contribution < -0.4 is 11.1 Å². The van der Waals surface area contributed by atoms with Gasteiger partial charge in [0.15, 0.2) is 5.13 Å². The molecule has 0 spiro atoms. The first kappa shape index (κ1) is 10.6. The van der Waals surface area contributed by atoms with Gasteiger partial charge in [-0.3, -0.25) is 15.1 Å². The Morgan fingerprint density at radius 3 is 2.94 bits per heavy atom. The predicted octanol–water partition coefficient (Wildman–Crippen LogP) is 1.68. The van der Waals surface area contributed by atoms with Gasteiger partial charge in [-0.05, 0) is 13.0 Å². The van der Waals surface area contributed by atoms with E-state index in [-0.39, 0.29) is 5.91 Å². The van der Waals surface area contributed by atoms with E-state index >= 15 is 0 Å². The van der Waals surface area contributed by atoms with E-state index in [9.17, 15) is 4.79 Å². The summed E-state index contributed by atoms with van der Waals surface area (Å²) < 4.78 is 0. The van der Waals surface area contributed by atoms with E-state index in [4.69, 9.17) is 5.73 Å². The minimum Gasteiger partial charge on any atom is -0.397 e. The Bertz CT molecular complexity index is 523. The molecule has 0 aliphatic rings. The average Bonchev–Trinajstić information content (AvgIpc) is 2.64. The van der Waals surface area contributed by atoms with Crippen LogP contribution >= 0.6 is 11.3 Å². The molecule has 82 valence electrons. The number of carbonyl (C=O) groups is 1. The quantitative estimate of drug-likeness (QED) is 0.828. The number of aryl methyl sites for hydroxylation is 1. The van der Waals surface area contributed by atoms with Crippen LogP contribution in [0.3, 0.4) is 0 Å². The summed E-state index contributed by atoms with van der Waals surface area (Å²) in [7, 11) is 0. The zero-order valence-corrected chi connectivity index (χ0v) is 9.41. The topological polar surface area (TPSA) is 80.9 Å². The molecule has 2 aromatic rings. The van der Waals surface area contributed by atoms with Gasteiger partial charge in [0, 0.05) is 17.8 Å². The minimum atomic E-state index is -0.255. The zero-order valence-electron chi connectivity index (χ0n) is 8.60. The summed E-state index contributed by atoms with van der Waals surface area (Å²) in [5, 5.41) is 5.12. The number of carbonyl (C=O) groups excluding carboxylic acids is 1. The first-order chi connectivity index (χ1) is 7.65. The summed E-state index contributed by atoms with van der Waals surface area (Å²) in [5.41, 5.74) is 7.30. The van der Waals surface area contributed by atoms with Gasteiger partial charge in [0.25, 0.3) is 5.91 Å². The molecule has 0 saturated heterocycles. The molecule has 0 radical (unpaired) electrons. The molecule has 2 rings (SSSR count). The Kier molecular flexibility index (Phi) is 2.82. The molecular weight excluding hydrogens is 224 g/mol. The second-order valence-electron chi connectivity index (χ2n) is 3.26. The van der Waals surface area contributed by atoms with Crippen LogP contribution in [0.15, 0.2) is 23.8 Å². The fourth-order valence-corrected chi connectivity index (χ4v) is 1.85. The Morgan fingerprint density at radius 1 is 1.50 bits per heavy atom. The number of aromatic nitrogens is 2. The molecule has 2 heterocycles. The van der Waals surface area contributed by atoms with Crippen LogP contribution in [0.25, 0.3) is 0 Å². The predicted molar refractivity (Wildman–Crippen MR) is 63.5 cm³/mol. The standard InChI is InChI=1S/C10H10N4OS/c1-6-5-16-10(13-6)14-9(15)7-2-8(11)4-12-3-7/h2-5H,11H2,1H3,(H,13,14,15). The summed E-state index contributed by atoms with van der Waals surface area (Å²) >= 11 is 1.38. The molecule has 16 heavy (non-hydrogen) atoms. The number of amides is 1. The zero-order chi connectivity index (χ0) is 11.5. The molecule has 0 fully saturated rings. The maximum absolute atomic E-state index is 11.7. The van der Waals surface area contributed by atoms with Gasteiger partial charge in [-0.15, -0.1) is 11.3 Å². The number of hydrogen-bond donors (Lipinski definition) is 2. The molecule has 0 aliphatic heterocycles. The third-order valence-electron chi connectivity index (χ3n) is 1.86. The van der Waals surface area contributed by atoms with Gasteiger partial charge in [0.05, 0.1) is 16.9 Å². The van der Waals surface area contributed by atoms with Crippen molar-refractivity contribution in [2.45, 2.75) is 6.92 Å². The number of thiazole rings is 1. The Hall–Kier alpha value is -1.95. The Balaban J connectivity index is 2.14.